The average molecular weight is 281 g/mol. The van der Waals surface area contributed by atoms with E-state index in [2.05, 4.69) is 15.6 Å². The van der Waals surface area contributed by atoms with Gasteiger partial charge in [0, 0.05) is 13.6 Å². The molecule has 5 nitrogen and oxygen atoms in total. The summed E-state index contributed by atoms with van der Waals surface area (Å²) in [5.74, 6) is 0.876. The van der Waals surface area contributed by atoms with E-state index in [1.165, 1.54) is 38.5 Å². The van der Waals surface area contributed by atoms with Crippen LogP contribution >= 0.6 is 0 Å². The van der Waals surface area contributed by atoms with Crippen molar-refractivity contribution in [2.24, 2.45) is 4.99 Å². The van der Waals surface area contributed by atoms with Crippen LogP contribution in [0.3, 0.4) is 0 Å². The lowest BCUT2D eigenvalue weighted by Gasteiger charge is -2.22. The Balaban J connectivity index is 1.33. The first kappa shape index (κ1) is 14.1. The van der Waals surface area contributed by atoms with Crippen molar-refractivity contribution >= 4 is 5.96 Å². The van der Waals surface area contributed by atoms with Crippen LogP contribution in [-0.2, 0) is 9.47 Å². The molecule has 3 aliphatic rings. The summed E-state index contributed by atoms with van der Waals surface area (Å²) < 4.78 is 11.7. The third-order valence-corrected chi connectivity index (χ3v) is 4.70. The highest BCUT2D eigenvalue weighted by Gasteiger charge is 2.41. The van der Waals surface area contributed by atoms with Gasteiger partial charge in [-0.1, -0.05) is 12.8 Å². The number of guanidine groups is 1. The fraction of sp³-hybridized carbons (Fsp3) is 0.933. The molecule has 2 aliphatic heterocycles. The van der Waals surface area contributed by atoms with E-state index in [1.807, 2.05) is 7.05 Å². The van der Waals surface area contributed by atoms with E-state index in [-0.39, 0.29) is 0 Å². The van der Waals surface area contributed by atoms with Gasteiger partial charge in [0.05, 0.1) is 31.0 Å². The maximum atomic E-state index is 5.85. The molecule has 0 aromatic carbocycles. The Labute approximate surface area is 121 Å². The molecule has 0 radical (unpaired) electrons. The minimum Gasteiger partial charge on any atom is -0.376 e. The van der Waals surface area contributed by atoms with Crippen molar-refractivity contribution < 1.29 is 9.47 Å². The van der Waals surface area contributed by atoms with Gasteiger partial charge in [-0.15, -0.1) is 0 Å². The maximum absolute atomic E-state index is 5.85. The van der Waals surface area contributed by atoms with Crippen LogP contribution in [0, 0.1) is 0 Å². The lowest BCUT2D eigenvalue weighted by molar-refractivity contribution is 0.0621. The summed E-state index contributed by atoms with van der Waals surface area (Å²) in [5, 5.41) is 6.82. The molecule has 2 N–H and O–H groups in total. The summed E-state index contributed by atoms with van der Waals surface area (Å²) in [6, 6.07) is 0.427. The molecule has 1 saturated carbocycles. The molecule has 3 fully saturated rings. The quantitative estimate of drug-likeness (QED) is 0.455. The summed E-state index contributed by atoms with van der Waals surface area (Å²) in [4.78, 5) is 4.29. The monoisotopic (exact) mass is 281 g/mol. The Bertz CT molecular complexity index is 342. The molecule has 0 aromatic heterocycles. The van der Waals surface area contributed by atoms with Crippen LogP contribution in [0.5, 0.6) is 0 Å². The largest absolute Gasteiger partial charge is 0.376 e. The average Bonchev–Trinajstić information content (AvgIpc) is 3.19. The zero-order valence-corrected chi connectivity index (χ0v) is 12.4. The van der Waals surface area contributed by atoms with Crippen LogP contribution in [0.4, 0.5) is 0 Å². The van der Waals surface area contributed by atoms with Crippen LogP contribution in [0.15, 0.2) is 4.99 Å². The first-order valence-corrected chi connectivity index (χ1v) is 8.09. The molecule has 20 heavy (non-hydrogen) atoms. The molecule has 3 atom stereocenters. The zero-order chi connectivity index (χ0) is 13.8. The summed E-state index contributed by atoms with van der Waals surface area (Å²) in [5.41, 5.74) is 0. The standard InChI is InChI=1S/C15H27N3O2/c1-16-15(17-8-9-19-11-4-2-3-5-11)18-13-10-12-6-7-14(13)20-12/h11-14H,2-10H2,1H3,(H2,16,17,18). The van der Waals surface area contributed by atoms with Gasteiger partial charge in [-0.25, -0.2) is 0 Å². The minimum absolute atomic E-state index is 0.383. The number of ether oxygens (including phenoxy) is 2. The minimum atomic E-state index is 0.383. The number of nitrogens with one attached hydrogen (secondary N) is 2. The van der Waals surface area contributed by atoms with Gasteiger partial charge in [0.15, 0.2) is 5.96 Å². The van der Waals surface area contributed by atoms with Crippen molar-refractivity contribution in [3.63, 3.8) is 0 Å². The predicted molar refractivity (Wildman–Crippen MR) is 79.0 cm³/mol. The predicted octanol–water partition coefficient (Wildman–Crippen LogP) is 1.43. The van der Waals surface area contributed by atoms with Gasteiger partial charge in [0.2, 0.25) is 0 Å². The van der Waals surface area contributed by atoms with Crippen molar-refractivity contribution in [1.82, 2.24) is 10.6 Å². The molecule has 0 spiro atoms. The van der Waals surface area contributed by atoms with Crippen molar-refractivity contribution in [3.05, 3.63) is 0 Å². The van der Waals surface area contributed by atoms with Crippen molar-refractivity contribution in [2.45, 2.75) is 69.3 Å². The highest BCUT2D eigenvalue weighted by atomic mass is 16.5. The Morgan fingerprint density at radius 3 is 2.75 bits per heavy atom. The molecule has 114 valence electrons. The van der Waals surface area contributed by atoms with Crippen molar-refractivity contribution in [2.75, 3.05) is 20.2 Å². The van der Waals surface area contributed by atoms with Crippen molar-refractivity contribution in [1.29, 1.82) is 0 Å². The second kappa shape index (κ2) is 6.76. The van der Waals surface area contributed by atoms with E-state index >= 15 is 0 Å². The van der Waals surface area contributed by atoms with Gasteiger partial charge in [-0.05, 0) is 32.1 Å². The van der Waals surface area contributed by atoms with Crippen LogP contribution in [0.1, 0.15) is 44.9 Å². The molecule has 0 aromatic rings. The number of aliphatic imine (C=N–C) groups is 1. The highest BCUT2D eigenvalue weighted by Crippen LogP contribution is 2.34. The second-order valence-electron chi connectivity index (χ2n) is 6.14. The van der Waals surface area contributed by atoms with Gasteiger partial charge in [0.25, 0.3) is 0 Å². The SMILES string of the molecule is CN=C(NCCOC1CCCC1)NC1CC2CCC1O2. The first-order chi connectivity index (χ1) is 9.85. The van der Waals surface area contributed by atoms with Gasteiger partial charge in [-0.3, -0.25) is 4.99 Å². The van der Waals surface area contributed by atoms with Gasteiger partial charge < -0.3 is 20.1 Å². The van der Waals surface area contributed by atoms with Crippen LogP contribution < -0.4 is 10.6 Å². The Morgan fingerprint density at radius 1 is 1.25 bits per heavy atom. The maximum Gasteiger partial charge on any atom is 0.191 e. The van der Waals surface area contributed by atoms with Gasteiger partial charge in [-0.2, -0.15) is 0 Å². The van der Waals surface area contributed by atoms with Crippen LogP contribution in [0.2, 0.25) is 0 Å². The molecule has 2 heterocycles. The van der Waals surface area contributed by atoms with E-state index in [0.717, 1.165) is 25.5 Å². The number of hydrogen-bond donors (Lipinski definition) is 2. The smallest absolute Gasteiger partial charge is 0.191 e. The zero-order valence-electron chi connectivity index (χ0n) is 12.4. The highest BCUT2D eigenvalue weighted by molar-refractivity contribution is 5.80. The van der Waals surface area contributed by atoms with Gasteiger partial charge >= 0.3 is 0 Å². The third kappa shape index (κ3) is 3.44. The lowest BCUT2D eigenvalue weighted by atomic mass is 9.96. The molecular formula is C15H27N3O2. The summed E-state index contributed by atoms with van der Waals surface area (Å²) >= 11 is 0. The molecular weight excluding hydrogens is 254 g/mol. The fourth-order valence-corrected chi connectivity index (χ4v) is 3.61. The number of rotatable bonds is 5. The van der Waals surface area contributed by atoms with Crippen LogP contribution in [-0.4, -0.2) is 50.5 Å². The topological polar surface area (TPSA) is 54.9 Å². The number of hydrogen-bond acceptors (Lipinski definition) is 3. The van der Waals surface area contributed by atoms with E-state index in [1.54, 1.807) is 0 Å². The van der Waals surface area contributed by atoms with Crippen molar-refractivity contribution in [3.8, 4) is 0 Å². The summed E-state index contributed by atoms with van der Waals surface area (Å²) in [6.07, 6.45) is 9.99. The molecule has 3 unspecified atom stereocenters. The van der Waals surface area contributed by atoms with Gasteiger partial charge in [0.1, 0.15) is 0 Å². The molecule has 2 bridgehead atoms. The summed E-state index contributed by atoms with van der Waals surface area (Å²) in [7, 11) is 1.82. The number of nitrogens with zero attached hydrogens (tertiary/aromatic N) is 1. The number of fused-ring (bicyclic) bond motifs is 2. The first-order valence-electron chi connectivity index (χ1n) is 8.09. The Hall–Kier alpha value is -0.810. The van der Waals surface area contributed by atoms with E-state index < -0.39 is 0 Å². The van der Waals surface area contributed by atoms with Crippen LogP contribution in [0.25, 0.3) is 0 Å². The third-order valence-electron chi connectivity index (χ3n) is 4.70. The van der Waals surface area contributed by atoms with E-state index in [9.17, 15) is 0 Å². The molecule has 1 aliphatic carbocycles. The Kier molecular flexibility index (Phi) is 4.78. The summed E-state index contributed by atoms with van der Waals surface area (Å²) in [6.45, 7) is 1.58. The van der Waals surface area contributed by atoms with E-state index in [0.29, 0.717) is 24.4 Å². The fourth-order valence-electron chi connectivity index (χ4n) is 3.61. The van der Waals surface area contributed by atoms with E-state index in [4.69, 9.17) is 9.47 Å². The second-order valence-corrected chi connectivity index (χ2v) is 6.14. The molecule has 2 saturated heterocycles. The molecule has 0 amide bonds. The molecule has 3 rings (SSSR count). The lowest BCUT2D eigenvalue weighted by Crippen LogP contribution is -2.48. The molecule has 5 heteroatoms. The Morgan fingerprint density at radius 2 is 2.10 bits per heavy atom. The normalized spacial score (nSPS) is 33.9.